The molecule has 2 heteroatoms. The highest BCUT2D eigenvalue weighted by Gasteiger charge is 2.39. The van der Waals surface area contributed by atoms with Gasteiger partial charge in [0, 0.05) is 0 Å². The van der Waals surface area contributed by atoms with Crippen molar-refractivity contribution in [1.29, 1.82) is 0 Å². The molecule has 0 aliphatic heterocycles. The Kier molecular flexibility index (Phi) is 4.32. The summed E-state index contributed by atoms with van der Waals surface area (Å²) in [7, 11) is 0. The van der Waals surface area contributed by atoms with Crippen molar-refractivity contribution in [2.75, 3.05) is 0 Å². The first kappa shape index (κ1) is 17.5. The van der Waals surface area contributed by atoms with Gasteiger partial charge in [0.05, 0.1) is 11.0 Å². The molecule has 1 amide bonds. The van der Waals surface area contributed by atoms with E-state index in [2.05, 4.69) is 62.5 Å². The van der Waals surface area contributed by atoms with E-state index < -0.39 is 11.0 Å². The zero-order chi connectivity index (χ0) is 18.2. The van der Waals surface area contributed by atoms with Crippen molar-refractivity contribution in [2.24, 2.45) is 5.41 Å². The highest BCUT2D eigenvalue weighted by atomic mass is 16.2. The molecule has 0 bridgehead atoms. The maximum absolute atomic E-state index is 13.3. The maximum atomic E-state index is 13.3. The molecule has 3 rings (SSSR count). The minimum Gasteiger partial charge on any atom is -0.346 e. The van der Waals surface area contributed by atoms with E-state index in [1.165, 1.54) is 22.3 Å². The van der Waals surface area contributed by atoms with Crippen LogP contribution in [0.25, 0.3) is 5.57 Å². The van der Waals surface area contributed by atoms with Crippen molar-refractivity contribution >= 4 is 11.5 Å². The van der Waals surface area contributed by atoms with Gasteiger partial charge in [-0.15, -0.1) is 0 Å². The van der Waals surface area contributed by atoms with Gasteiger partial charge in [-0.1, -0.05) is 60.2 Å². The molecule has 1 aliphatic rings. The summed E-state index contributed by atoms with van der Waals surface area (Å²) in [6.07, 6.45) is 0.935. The molecule has 25 heavy (non-hydrogen) atoms. The second-order valence-corrected chi connectivity index (χ2v) is 8.06. The van der Waals surface area contributed by atoms with Gasteiger partial charge in [0.15, 0.2) is 0 Å². The van der Waals surface area contributed by atoms with Gasteiger partial charge in [-0.25, -0.2) is 0 Å². The van der Waals surface area contributed by atoms with E-state index in [1.807, 2.05) is 32.0 Å². The SMILES string of the molecule is CC1=C(C(C)(C)C(=O)NC(C)(C)c2ccccc2)c2ccccc2C1. The zero-order valence-corrected chi connectivity index (χ0v) is 15.8. The summed E-state index contributed by atoms with van der Waals surface area (Å²) in [5.41, 5.74) is 5.11. The van der Waals surface area contributed by atoms with E-state index in [1.54, 1.807) is 0 Å². The van der Waals surface area contributed by atoms with Crippen molar-refractivity contribution in [2.45, 2.75) is 46.6 Å². The Balaban J connectivity index is 1.90. The van der Waals surface area contributed by atoms with Crippen LogP contribution in [0.15, 0.2) is 60.2 Å². The summed E-state index contributed by atoms with van der Waals surface area (Å²) in [4.78, 5) is 13.3. The van der Waals surface area contributed by atoms with Crippen LogP contribution in [0.5, 0.6) is 0 Å². The Morgan fingerprint density at radius 1 is 0.920 bits per heavy atom. The summed E-state index contributed by atoms with van der Waals surface area (Å²) in [6, 6.07) is 18.6. The van der Waals surface area contributed by atoms with Crippen molar-refractivity contribution in [1.82, 2.24) is 5.32 Å². The molecular weight excluding hydrogens is 306 g/mol. The third kappa shape index (κ3) is 3.13. The van der Waals surface area contributed by atoms with Gasteiger partial charge in [0.1, 0.15) is 0 Å². The van der Waals surface area contributed by atoms with E-state index in [0.29, 0.717) is 0 Å². The van der Waals surface area contributed by atoms with Crippen molar-refractivity contribution in [3.63, 3.8) is 0 Å². The van der Waals surface area contributed by atoms with Gasteiger partial charge in [0.2, 0.25) is 5.91 Å². The molecule has 0 heterocycles. The molecule has 1 N–H and O–H groups in total. The first-order valence-corrected chi connectivity index (χ1v) is 8.90. The lowest BCUT2D eigenvalue weighted by molar-refractivity contribution is -0.128. The van der Waals surface area contributed by atoms with Gasteiger partial charge in [0.25, 0.3) is 0 Å². The van der Waals surface area contributed by atoms with E-state index in [4.69, 9.17) is 0 Å². The summed E-state index contributed by atoms with van der Waals surface area (Å²) in [5, 5.41) is 3.27. The molecule has 0 unspecified atom stereocenters. The lowest BCUT2D eigenvalue weighted by Gasteiger charge is -2.34. The van der Waals surface area contributed by atoms with Crippen LogP contribution in [-0.2, 0) is 16.8 Å². The van der Waals surface area contributed by atoms with E-state index >= 15 is 0 Å². The zero-order valence-electron chi connectivity index (χ0n) is 15.8. The Bertz CT molecular complexity index is 828. The average Bonchev–Trinajstić information content (AvgIpc) is 2.91. The normalized spacial score (nSPS) is 14.4. The number of carbonyl (C=O) groups excluding carboxylic acids is 1. The predicted octanol–water partition coefficient (Wildman–Crippen LogP) is 5.09. The van der Waals surface area contributed by atoms with E-state index in [0.717, 1.165) is 12.0 Å². The van der Waals surface area contributed by atoms with Crippen molar-refractivity contribution in [3.05, 3.63) is 76.9 Å². The van der Waals surface area contributed by atoms with Gasteiger partial charge in [-0.2, -0.15) is 0 Å². The number of fused-ring (bicyclic) bond motifs is 1. The lowest BCUT2D eigenvalue weighted by atomic mass is 9.78. The van der Waals surface area contributed by atoms with Crippen LogP contribution in [0.2, 0.25) is 0 Å². The van der Waals surface area contributed by atoms with Crippen LogP contribution in [0.1, 0.15) is 51.3 Å². The Hall–Kier alpha value is -2.35. The fourth-order valence-electron chi connectivity index (χ4n) is 3.87. The quantitative estimate of drug-likeness (QED) is 0.829. The van der Waals surface area contributed by atoms with Gasteiger partial charge in [-0.3, -0.25) is 4.79 Å². The number of hydrogen-bond donors (Lipinski definition) is 1. The molecule has 2 aromatic rings. The van der Waals surface area contributed by atoms with E-state index in [-0.39, 0.29) is 5.91 Å². The molecule has 0 fully saturated rings. The van der Waals surface area contributed by atoms with Crippen molar-refractivity contribution in [3.8, 4) is 0 Å². The maximum Gasteiger partial charge on any atom is 0.230 e. The first-order valence-electron chi connectivity index (χ1n) is 8.90. The Labute approximate surface area is 151 Å². The lowest BCUT2D eigenvalue weighted by Crippen LogP contribution is -2.47. The molecule has 1 aliphatic carbocycles. The van der Waals surface area contributed by atoms with Gasteiger partial charge < -0.3 is 5.32 Å². The molecule has 0 radical (unpaired) electrons. The summed E-state index contributed by atoms with van der Waals surface area (Å²) in [5.74, 6) is 0.0624. The minimum absolute atomic E-state index is 0.0624. The monoisotopic (exact) mass is 333 g/mol. The number of hydrogen-bond acceptors (Lipinski definition) is 1. The second kappa shape index (κ2) is 6.18. The number of rotatable bonds is 4. The molecule has 0 spiro atoms. The number of benzene rings is 2. The van der Waals surface area contributed by atoms with Gasteiger partial charge in [-0.05, 0) is 63.3 Å². The molecule has 0 aromatic heterocycles. The minimum atomic E-state index is -0.581. The molecule has 0 saturated carbocycles. The van der Waals surface area contributed by atoms with E-state index in [9.17, 15) is 4.79 Å². The topological polar surface area (TPSA) is 29.1 Å². The summed E-state index contributed by atoms with van der Waals surface area (Å²) in [6.45, 7) is 10.3. The molecule has 2 nitrogen and oxygen atoms in total. The Morgan fingerprint density at radius 3 is 2.20 bits per heavy atom. The van der Waals surface area contributed by atoms with Crippen LogP contribution in [-0.4, -0.2) is 5.91 Å². The molecule has 0 saturated heterocycles. The molecule has 2 aromatic carbocycles. The third-order valence-corrected chi connectivity index (χ3v) is 5.28. The van der Waals surface area contributed by atoms with Crippen molar-refractivity contribution < 1.29 is 4.79 Å². The summed E-state index contributed by atoms with van der Waals surface area (Å²) < 4.78 is 0. The first-order chi connectivity index (χ1) is 11.7. The number of allylic oxidation sites excluding steroid dienone is 1. The largest absolute Gasteiger partial charge is 0.346 e. The summed E-state index contributed by atoms with van der Waals surface area (Å²) >= 11 is 0. The van der Waals surface area contributed by atoms with Crippen LogP contribution >= 0.6 is 0 Å². The molecule has 130 valence electrons. The second-order valence-electron chi connectivity index (χ2n) is 8.06. The fourth-order valence-corrected chi connectivity index (χ4v) is 3.87. The van der Waals surface area contributed by atoms with Crippen LogP contribution in [0.3, 0.4) is 0 Å². The molecule has 0 atom stereocenters. The fraction of sp³-hybridized carbons (Fsp3) is 0.348. The highest BCUT2D eigenvalue weighted by Crippen LogP contribution is 2.44. The van der Waals surface area contributed by atoms with Crippen LogP contribution in [0, 0.1) is 5.41 Å². The number of amides is 1. The number of carbonyl (C=O) groups is 1. The van der Waals surface area contributed by atoms with Crippen LogP contribution in [0.4, 0.5) is 0 Å². The van der Waals surface area contributed by atoms with Gasteiger partial charge >= 0.3 is 0 Å². The number of nitrogens with one attached hydrogen (secondary N) is 1. The predicted molar refractivity (Wildman–Crippen MR) is 104 cm³/mol. The smallest absolute Gasteiger partial charge is 0.230 e. The van der Waals surface area contributed by atoms with Crippen LogP contribution < -0.4 is 5.32 Å². The highest BCUT2D eigenvalue weighted by molar-refractivity contribution is 5.98. The Morgan fingerprint density at radius 2 is 1.52 bits per heavy atom. The average molecular weight is 333 g/mol. The molecular formula is C23H27NO. The third-order valence-electron chi connectivity index (χ3n) is 5.28. The standard InChI is InChI=1S/C23H27NO/c1-16-15-17-11-9-10-14-19(17)20(16)22(2,3)21(25)24-23(4,5)18-12-7-6-8-13-18/h6-14H,15H2,1-5H3,(H,24,25).